The van der Waals surface area contributed by atoms with Crippen LogP contribution in [-0.4, -0.2) is 30.2 Å². The second kappa shape index (κ2) is 5.25. The quantitative estimate of drug-likeness (QED) is 0.657. The molecule has 0 bridgehead atoms. The van der Waals surface area contributed by atoms with Crippen LogP contribution in [0.4, 0.5) is 10.7 Å². The fourth-order valence-corrected chi connectivity index (χ4v) is 0.854. The van der Waals surface area contributed by atoms with Gasteiger partial charge in [-0.25, -0.2) is 4.79 Å². The number of anilines is 1. The van der Waals surface area contributed by atoms with Crippen LogP contribution < -0.4 is 19.5 Å². The van der Waals surface area contributed by atoms with Crippen LogP contribution in [0.15, 0.2) is 6.07 Å². The first-order valence-electron chi connectivity index (χ1n) is 3.87. The van der Waals surface area contributed by atoms with Gasteiger partial charge in [0.2, 0.25) is 17.7 Å². The molecule has 0 aliphatic carbocycles. The van der Waals surface area contributed by atoms with Crippen molar-refractivity contribution in [3.8, 4) is 11.8 Å². The van der Waals surface area contributed by atoms with Gasteiger partial charge in [0.05, 0.1) is 20.3 Å². The van der Waals surface area contributed by atoms with E-state index in [-0.39, 0.29) is 17.7 Å². The Bertz CT molecular complexity index is 338. The van der Waals surface area contributed by atoms with Crippen molar-refractivity contribution in [3.05, 3.63) is 6.07 Å². The second-order valence-corrected chi connectivity index (χ2v) is 2.57. The summed E-state index contributed by atoms with van der Waals surface area (Å²) in [6, 6.07) is 0.942. The average molecular weight is 230 g/mol. The molecular formula is C7H10N4O3S. The van der Waals surface area contributed by atoms with Crippen molar-refractivity contribution in [2.24, 2.45) is 0 Å². The lowest BCUT2D eigenvalue weighted by Crippen LogP contribution is -2.22. The number of aromatic nitrogens is 2. The molecule has 0 radical (unpaired) electrons. The molecule has 1 heterocycles. The van der Waals surface area contributed by atoms with Gasteiger partial charge in [-0.3, -0.25) is 10.0 Å². The third-order valence-electron chi connectivity index (χ3n) is 1.42. The van der Waals surface area contributed by atoms with Crippen LogP contribution in [0.25, 0.3) is 0 Å². The van der Waals surface area contributed by atoms with Crippen LogP contribution in [-0.2, 0) is 0 Å². The predicted molar refractivity (Wildman–Crippen MR) is 56.3 cm³/mol. The second-order valence-electron chi connectivity index (χ2n) is 2.34. The highest BCUT2D eigenvalue weighted by Crippen LogP contribution is 2.16. The highest BCUT2D eigenvalue weighted by molar-refractivity contribution is 7.78. The Hall–Kier alpha value is -1.70. The van der Waals surface area contributed by atoms with Gasteiger partial charge in [0.25, 0.3) is 0 Å². The molecule has 0 saturated heterocycles. The largest absolute Gasteiger partial charge is 0.481 e. The zero-order valence-electron chi connectivity index (χ0n) is 8.14. The maximum atomic E-state index is 10.9. The predicted octanol–water partition coefficient (Wildman–Crippen LogP) is 0.460. The molecule has 0 saturated carbocycles. The molecule has 1 aromatic rings. The first-order chi connectivity index (χ1) is 7.19. The molecule has 1 rings (SSSR count). The van der Waals surface area contributed by atoms with E-state index in [0.29, 0.717) is 0 Å². The number of hydrogen-bond acceptors (Lipinski definition) is 6. The Kier molecular flexibility index (Phi) is 3.98. The Morgan fingerprint density at radius 1 is 1.33 bits per heavy atom. The summed E-state index contributed by atoms with van der Waals surface area (Å²) in [6.45, 7) is 0. The van der Waals surface area contributed by atoms with E-state index in [2.05, 4.69) is 32.8 Å². The van der Waals surface area contributed by atoms with Crippen molar-refractivity contribution < 1.29 is 14.3 Å². The molecule has 0 unspecified atom stereocenters. The average Bonchev–Trinajstić information content (AvgIpc) is 2.28. The van der Waals surface area contributed by atoms with E-state index in [4.69, 9.17) is 9.47 Å². The summed E-state index contributed by atoms with van der Waals surface area (Å²) in [7, 11) is 2.90. The minimum Gasteiger partial charge on any atom is -0.481 e. The molecule has 0 spiro atoms. The lowest BCUT2D eigenvalue weighted by atomic mass is 10.6. The smallest absolute Gasteiger partial charge is 0.331 e. The molecule has 0 aromatic carbocycles. The normalized spacial score (nSPS) is 9.27. The maximum absolute atomic E-state index is 10.9. The molecule has 82 valence electrons. The van der Waals surface area contributed by atoms with Crippen molar-refractivity contribution in [2.75, 3.05) is 19.5 Å². The third-order valence-corrected chi connectivity index (χ3v) is 1.63. The summed E-state index contributed by atoms with van der Waals surface area (Å²) >= 11 is 3.56. The Morgan fingerprint density at radius 2 is 1.87 bits per heavy atom. The molecule has 0 aliphatic heterocycles. The Labute approximate surface area is 91.7 Å². The lowest BCUT2D eigenvalue weighted by Gasteiger charge is -2.06. The van der Waals surface area contributed by atoms with E-state index < -0.39 is 6.03 Å². The van der Waals surface area contributed by atoms with Crippen LogP contribution >= 0.6 is 12.8 Å². The Morgan fingerprint density at radius 3 is 2.27 bits per heavy atom. The lowest BCUT2D eigenvalue weighted by molar-refractivity contribution is 0.257. The van der Waals surface area contributed by atoms with Crippen molar-refractivity contribution in [2.45, 2.75) is 0 Å². The van der Waals surface area contributed by atoms with Crippen LogP contribution in [0.2, 0.25) is 0 Å². The number of hydrogen-bond donors (Lipinski definition) is 3. The molecule has 1 aromatic heterocycles. The summed E-state index contributed by atoms with van der Waals surface area (Å²) in [5.74, 6) is 0.644. The standard InChI is InChI=1S/C7H10N4O3S/c1-13-4-3-5(14-2)9-6(8-4)10-7(12)11-15/h3,15H,1-2H3,(H2,8,9,10,11,12). The number of ether oxygens (including phenoxy) is 2. The van der Waals surface area contributed by atoms with Gasteiger partial charge < -0.3 is 9.47 Å². The maximum Gasteiger partial charge on any atom is 0.331 e. The summed E-state index contributed by atoms with van der Waals surface area (Å²) < 4.78 is 11.9. The summed E-state index contributed by atoms with van der Waals surface area (Å²) in [5, 5.41) is 2.33. The van der Waals surface area contributed by atoms with E-state index in [1.165, 1.54) is 20.3 Å². The number of nitrogens with zero attached hydrogens (tertiary/aromatic N) is 2. The molecule has 8 heteroatoms. The van der Waals surface area contributed by atoms with Gasteiger partial charge >= 0.3 is 6.03 Å². The van der Waals surface area contributed by atoms with Gasteiger partial charge in [-0.1, -0.05) is 12.8 Å². The molecular weight excluding hydrogens is 220 g/mol. The van der Waals surface area contributed by atoms with Crippen LogP contribution in [0.1, 0.15) is 0 Å². The minimum atomic E-state index is -0.548. The molecule has 0 fully saturated rings. The van der Waals surface area contributed by atoms with Crippen molar-refractivity contribution in [1.82, 2.24) is 14.7 Å². The fourth-order valence-electron chi connectivity index (χ4n) is 0.798. The van der Waals surface area contributed by atoms with Crippen LogP contribution in [0.5, 0.6) is 11.8 Å². The third kappa shape index (κ3) is 3.17. The van der Waals surface area contributed by atoms with Crippen molar-refractivity contribution in [3.63, 3.8) is 0 Å². The van der Waals surface area contributed by atoms with E-state index in [1.54, 1.807) is 0 Å². The van der Waals surface area contributed by atoms with E-state index in [9.17, 15) is 4.79 Å². The topological polar surface area (TPSA) is 85.4 Å². The molecule has 0 atom stereocenters. The number of rotatable bonds is 3. The zero-order chi connectivity index (χ0) is 11.3. The zero-order valence-corrected chi connectivity index (χ0v) is 9.04. The number of carbonyl (C=O) groups excluding carboxylic acids is 1. The molecule has 2 N–H and O–H groups in total. The van der Waals surface area contributed by atoms with Gasteiger partial charge in [-0.2, -0.15) is 9.97 Å². The first-order valence-corrected chi connectivity index (χ1v) is 4.32. The summed E-state index contributed by atoms with van der Waals surface area (Å²) in [4.78, 5) is 18.7. The van der Waals surface area contributed by atoms with Crippen molar-refractivity contribution in [1.29, 1.82) is 0 Å². The first kappa shape index (κ1) is 11.4. The van der Waals surface area contributed by atoms with E-state index in [1.807, 2.05) is 0 Å². The number of thiol groups is 1. The van der Waals surface area contributed by atoms with Gasteiger partial charge in [0.1, 0.15) is 0 Å². The minimum absolute atomic E-state index is 0.0674. The molecule has 2 amide bonds. The SMILES string of the molecule is COc1cc(OC)nc(NC(=O)NS)n1. The van der Waals surface area contributed by atoms with E-state index >= 15 is 0 Å². The van der Waals surface area contributed by atoms with Gasteiger partial charge in [-0.15, -0.1) is 0 Å². The number of nitrogens with one attached hydrogen (secondary N) is 2. The highest BCUT2D eigenvalue weighted by Gasteiger charge is 2.07. The van der Waals surface area contributed by atoms with Gasteiger partial charge in [0.15, 0.2) is 0 Å². The summed E-state index contributed by atoms with van der Waals surface area (Å²) in [5.41, 5.74) is 0. The van der Waals surface area contributed by atoms with E-state index in [0.717, 1.165) is 0 Å². The molecule has 0 aliphatic rings. The van der Waals surface area contributed by atoms with Gasteiger partial charge in [0, 0.05) is 0 Å². The van der Waals surface area contributed by atoms with Crippen molar-refractivity contribution >= 4 is 24.8 Å². The number of carbonyl (C=O) groups is 1. The monoisotopic (exact) mass is 230 g/mol. The number of amides is 2. The number of methoxy groups -OCH3 is 2. The molecule has 15 heavy (non-hydrogen) atoms. The van der Waals surface area contributed by atoms with Crippen LogP contribution in [0, 0.1) is 0 Å². The fraction of sp³-hybridized carbons (Fsp3) is 0.286. The summed E-state index contributed by atoms with van der Waals surface area (Å²) in [6.07, 6.45) is 0. The van der Waals surface area contributed by atoms with Crippen LogP contribution in [0.3, 0.4) is 0 Å². The molecule has 7 nitrogen and oxygen atoms in total. The number of urea groups is 1. The Balaban J connectivity index is 2.91. The highest BCUT2D eigenvalue weighted by atomic mass is 32.1. The van der Waals surface area contributed by atoms with Gasteiger partial charge in [-0.05, 0) is 0 Å².